The Balaban J connectivity index is 1.92. The van der Waals surface area contributed by atoms with Crippen LogP contribution in [0.1, 0.15) is 42.5 Å². The molecular weight excluding hydrogens is 300 g/mol. The van der Waals surface area contributed by atoms with E-state index in [0.29, 0.717) is 16.5 Å². The van der Waals surface area contributed by atoms with E-state index in [1.807, 2.05) is 4.90 Å². The van der Waals surface area contributed by atoms with Gasteiger partial charge in [-0.1, -0.05) is 30.5 Å². The Bertz CT molecular complexity index is 590. The lowest BCUT2D eigenvalue weighted by Gasteiger charge is -2.33. The van der Waals surface area contributed by atoms with Gasteiger partial charge in [0.05, 0.1) is 0 Å². The van der Waals surface area contributed by atoms with Crippen LogP contribution in [0.25, 0.3) is 0 Å². The summed E-state index contributed by atoms with van der Waals surface area (Å²) in [5.41, 5.74) is 0.563. The lowest BCUT2D eigenvalue weighted by molar-refractivity contribution is -0.124. The largest absolute Gasteiger partial charge is 0.357 e. The van der Waals surface area contributed by atoms with E-state index in [-0.39, 0.29) is 23.9 Å². The topological polar surface area (TPSA) is 49.4 Å². The van der Waals surface area contributed by atoms with Crippen LogP contribution in [-0.4, -0.2) is 35.8 Å². The molecule has 0 unspecified atom stereocenters. The Morgan fingerprint density at radius 1 is 1.27 bits per heavy atom. The molecule has 1 aromatic carbocycles. The van der Waals surface area contributed by atoms with Gasteiger partial charge in [-0.3, -0.25) is 9.59 Å². The quantitative estimate of drug-likeness (QED) is 0.911. The molecule has 1 saturated heterocycles. The molecule has 1 aliphatic heterocycles. The molecular formula is C17H21ClN2O2. The second-order valence-electron chi connectivity index (χ2n) is 6.20. The SMILES string of the molecule is CNC(=O)[C@@H]1C[C@H]2CCCC[C@@H]2N1C(=O)c1cccc(Cl)c1. The minimum absolute atomic E-state index is 0.0650. The molecule has 0 radical (unpaired) electrons. The number of halogens is 1. The highest BCUT2D eigenvalue weighted by molar-refractivity contribution is 6.31. The van der Waals surface area contributed by atoms with Gasteiger partial charge in [-0.25, -0.2) is 0 Å². The van der Waals surface area contributed by atoms with E-state index in [1.165, 1.54) is 6.42 Å². The van der Waals surface area contributed by atoms with E-state index in [4.69, 9.17) is 11.6 Å². The van der Waals surface area contributed by atoms with Crippen molar-refractivity contribution in [3.63, 3.8) is 0 Å². The third-order valence-electron chi connectivity index (χ3n) is 4.94. The van der Waals surface area contributed by atoms with Crippen LogP contribution in [0.15, 0.2) is 24.3 Å². The number of carbonyl (C=O) groups excluding carboxylic acids is 2. The normalized spacial score (nSPS) is 27.4. The van der Waals surface area contributed by atoms with E-state index in [1.54, 1.807) is 31.3 Å². The van der Waals surface area contributed by atoms with Crippen LogP contribution in [0.5, 0.6) is 0 Å². The summed E-state index contributed by atoms with van der Waals surface area (Å²) in [7, 11) is 1.63. The highest BCUT2D eigenvalue weighted by Crippen LogP contribution is 2.40. The van der Waals surface area contributed by atoms with Crippen LogP contribution in [0.2, 0.25) is 5.02 Å². The maximum Gasteiger partial charge on any atom is 0.254 e. The number of hydrogen-bond donors (Lipinski definition) is 1. The first kappa shape index (κ1) is 15.3. The molecule has 2 fully saturated rings. The molecule has 1 aromatic rings. The zero-order valence-electron chi connectivity index (χ0n) is 12.7. The second-order valence-corrected chi connectivity index (χ2v) is 6.64. The molecule has 3 atom stereocenters. The Morgan fingerprint density at radius 3 is 2.77 bits per heavy atom. The van der Waals surface area contributed by atoms with Crippen LogP contribution >= 0.6 is 11.6 Å². The van der Waals surface area contributed by atoms with E-state index < -0.39 is 0 Å². The van der Waals surface area contributed by atoms with Crippen LogP contribution in [0.3, 0.4) is 0 Å². The monoisotopic (exact) mass is 320 g/mol. The molecule has 0 aromatic heterocycles. The van der Waals surface area contributed by atoms with Crippen molar-refractivity contribution in [3.8, 4) is 0 Å². The molecule has 3 rings (SSSR count). The molecule has 1 aliphatic carbocycles. The number of fused-ring (bicyclic) bond motifs is 1. The molecule has 4 nitrogen and oxygen atoms in total. The first-order chi connectivity index (χ1) is 10.6. The summed E-state index contributed by atoms with van der Waals surface area (Å²) >= 11 is 6.01. The predicted molar refractivity (Wildman–Crippen MR) is 85.8 cm³/mol. The van der Waals surface area contributed by atoms with Crippen molar-refractivity contribution in [2.75, 3.05) is 7.05 Å². The van der Waals surface area contributed by atoms with Crippen LogP contribution in [0, 0.1) is 5.92 Å². The van der Waals surface area contributed by atoms with Gasteiger partial charge < -0.3 is 10.2 Å². The second kappa shape index (κ2) is 6.29. The van der Waals surface area contributed by atoms with Crippen molar-refractivity contribution in [2.24, 2.45) is 5.92 Å². The number of carbonyl (C=O) groups is 2. The van der Waals surface area contributed by atoms with E-state index >= 15 is 0 Å². The summed E-state index contributed by atoms with van der Waals surface area (Å²) in [5.74, 6) is 0.300. The summed E-state index contributed by atoms with van der Waals surface area (Å²) in [4.78, 5) is 27.0. The highest BCUT2D eigenvalue weighted by atomic mass is 35.5. The van der Waals surface area contributed by atoms with Gasteiger partial charge in [-0.15, -0.1) is 0 Å². The number of likely N-dealkylation sites (tertiary alicyclic amines) is 1. The lowest BCUT2D eigenvalue weighted by Crippen LogP contribution is -2.49. The first-order valence-corrected chi connectivity index (χ1v) is 8.29. The van der Waals surface area contributed by atoms with Gasteiger partial charge in [0.1, 0.15) is 6.04 Å². The molecule has 0 spiro atoms. The van der Waals surface area contributed by atoms with Crippen molar-refractivity contribution in [1.82, 2.24) is 10.2 Å². The van der Waals surface area contributed by atoms with Gasteiger partial charge in [0.25, 0.3) is 5.91 Å². The van der Waals surface area contributed by atoms with Gasteiger partial charge >= 0.3 is 0 Å². The summed E-state index contributed by atoms with van der Waals surface area (Å²) in [6, 6.07) is 6.81. The predicted octanol–water partition coefficient (Wildman–Crippen LogP) is 2.86. The number of amides is 2. The Hall–Kier alpha value is -1.55. The molecule has 1 saturated carbocycles. The Kier molecular flexibility index (Phi) is 4.39. The van der Waals surface area contributed by atoms with Gasteiger partial charge in [0.2, 0.25) is 5.91 Å². The van der Waals surface area contributed by atoms with Crippen molar-refractivity contribution < 1.29 is 9.59 Å². The van der Waals surface area contributed by atoms with Crippen molar-refractivity contribution in [2.45, 2.75) is 44.2 Å². The minimum Gasteiger partial charge on any atom is -0.357 e. The molecule has 2 aliphatic rings. The number of likely N-dealkylation sites (N-methyl/N-ethyl adjacent to an activating group) is 1. The molecule has 1 heterocycles. The minimum atomic E-state index is -0.357. The van der Waals surface area contributed by atoms with Gasteiger partial charge in [0.15, 0.2) is 0 Å². The Labute approximate surface area is 135 Å². The highest BCUT2D eigenvalue weighted by Gasteiger charge is 2.47. The van der Waals surface area contributed by atoms with E-state index in [9.17, 15) is 9.59 Å². The van der Waals surface area contributed by atoms with E-state index in [2.05, 4.69) is 5.32 Å². The fourth-order valence-electron chi connectivity index (χ4n) is 3.92. The fourth-order valence-corrected chi connectivity index (χ4v) is 4.11. The van der Waals surface area contributed by atoms with Crippen molar-refractivity contribution in [3.05, 3.63) is 34.9 Å². The maximum absolute atomic E-state index is 13.0. The number of rotatable bonds is 2. The van der Waals surface area contributed by atoms with Crippen LogP contribution in [0.4, 0.5) is 0 Å². The smallest absolute Gasteiger partial charge is 0.254 e. The average molecular weight is 321 g/mol. The van der Waals surface area contributed by atoms with Gasteiger partial charge in [0, 0.05) is 23.7 Å². The number of hydrogen-bond acceptors (Lipinski definition) is 2. The number of benzene rings is 1. The summed E-state index contributed by atoms with van der Waals surface area (Å²) in [5, 5.41) is 3.25. The molecule has 2 amide bonds. The van der Waals surface area contributed by atoms with Crippen molar-refractivity contribution in [1.29, 1.82) is 0 Å². The lowest BCUT2D eigenvalue weighted by atomic mass is 9.84. The van der Waals surface area contributed by atoms with Crippen LogP contribution in [-0.2, 0) is 4.79 Å². The molecule has 0 bridgehead atoms. The third-order valence-corrected chi connectivity index (χ3v) is 5.18. The maximum atomic E-state index is 13.0. The molecule has 118 valence electrons. The zero-order valence-corrected chi connectivity index (χ0v) is 13.5. The fraction of sp³-hybridized carbons (Fsp3) is 0.529. The molecule has 1 N–H and O–H groups in total. The summed E-state index contributed by atoms with van der Waals surface area (Å²) < 4.78 is 0. The average Bonchev–Trinajstić information content (AvgIpc) is 2.92. The molecule has 22 heavy (non-hydrogen) atoms. The number of nitrogens with one attached hydrogen (secondary N) is 1. The molecule has 5 heteroatoms. The van der Waals surface area contributed by atoms with Gasteiger partial charge in [-0.05, 0) is 43.4 Å². The van der Waals surface area contributed by atoms with Crippen molar-refractivity contribution >= 4 is 23.4 Å². The van der Waals surface area contributed by atoms with E-state index in [0.717, 1.165) is 25.7 Å². The van der Waals surface area contributed by atoms with Crippen LogP contribution < -0.4 is 5.32 Å². The standard InChI is InChI=1S/C17H21ClN2O2/c1-19-16(21)15-10-11-5-2-3-8-14(11)20(15)17(22)12-6-4-7-13(18)9-12/h4,6-7,9,11,14-15H,2-3,5,8,10H2,1H3,(H,19,21)/t11-,14+,15+/m1/s1. The Morgan fingerprint density at radius 2 is 2.05 bits per heavy atom. The summed E-state index contributed by atoms with van der Waals surface area (Å²) in [6.45, 7) is 0. The zero-order chi connectivity index (χ0) is 15.7. The third kappa shape index (κ3) is 2.72. The summed E-state index contributed by atoms with van der Waals surface area (Å²) in [6.07, 6.45) is 5.19. The first-order valence-electron chi connectivity index (χ1n) is 7.91. The van der Waals surface area contributed by atoms with Gasteiger partial charge in [-0.2, -0.15) is 0 Å². The number of nitrogens with zero attached hydrogens (tertiary/aromatic N) is 1.